The molecule has 0 bridgehead atoms. The van der Waals surface area contributed by atoms with E-state index in [1.54, 1.807) is 48.4 Å². The standard InChI is InChI=1S/C33H36F4N6O4/c1-19-9-10-21-22(11-12-24(34)27(21)40-17-26(44)33(35,36)37)28(19)46-29-23(8-5-14-38-29)25-13-15-39-30(42-25)41-20-7-6-16-43(18-20)31(45)47-32(2,3)4/h5,8-15,20,26,40,44H,6-7,16-18H2,1-4H3,(H,39,41,42). The maximum atomic E-state index is 14.8. The number of carbonyl (C=O) groups is 1. The number of aliphatic hydroxyl groups excluding tert-OH is 1. The highest BCUT2D eigenvalue weighted by Gasteiger charge is 2.38. The zero-order valence-corrected chi connectivity index (χ0v) is 26.4. The molecule has 2 atom stereocenters. The lowest BCUT2D eigenvalue weighted by molar-refractivity contribution is -0.198. The van der Waals surface area contributed by atoms with E-state index >= 15 is 0 Å². The zero-order chi connectivity index (χ0) is 33.9. The summed E-state index contributed by atoms with van der Waals surface area (Å²) in [6.45, 7) is 7.34. The average Bonchev–Trinajstić information content (AvgIpc) is 3.01. The molecule has 2 aromatic carbocycles. The molecule has 0 spiro atoms. The molecule has 1 aliphatic rings. The number of pyridine rings is 1. The molecule has 10 nitrogen and oxygen atoms in total. The van der Waals surface area contributed by atoms with Gasteiger partial charge in [-0.2, -0.15) is 13.2 Å². The predicted octanol–water partition coefficient (Wildman–Crippen LogP) is 7.08. The molecule has 3 heterocycles. The first-order valence-electron chi connectivity index (χ1n) is 15.1. The number of ether oxygens (including phenoxy) is 2. The van der Waals surface area contributed by atoms with Gasteiger partial charge in [0.15, 0.2) is 6.10 Å². The highest BCUT2D eigenvalue weighted by atomic mass is 19.4. The van der Waals surface area contributed by atoms with Crippen molar-refractivity contribution in [1.29, 1.82) is 0 Å². The second-order valence-corrected chi connectivity index (χ2v) is 12.3. The van der Waals surface area contributed by atoms with Crippen LogP contribution in [0.3, 0.4) is 0 Å². The van der Waals surface area contributed by atoms with E-state index in [1.807, 2.05) is 20.8 Å². The van der Waals surface area contributed by atoms with Crippen LogP contribution in [-0.2, 0) is 4.74 Å². The SMILES string of the molecule is Cc1ccc2c(NCC(O)C(F)(F)F)c(F)ccc2c1Oc1ncccc1-c1ccnc(NC2CCCN(C(=O)OC(C)(C)C)C2)n1. The fraction of sp³-hybridized carbons (Fsp3) is 0.394. The number of hydrogen-bond acceptors (Lipinski definition) is 9. The van der Waals surface area contributed by atoms with Gasteiger partial charge >= 0.3 is 12.3 Å². The molecule has 5 rings (SSSR count). The number of nitrogens with zero attached hydrogens (tertiary/aromatic N) is 4. The Morgan fingerprint density at radius 1 is 1.09 bits per heavy atom. The van der Waals surface area contributed by atoms with Gasteiger partial charge in [-0.05, 0) is 76.4 Å². The Hall–Kier alpha value is -4.72. The summed E-state index contributed by atoms with van der Waals surface area (Å²) in [5, 5.41) is 15.8. The van der Waals surface area contributed by atoms with E-state index in [1.165, 1.54) is 12.3 Å². The number of amides is 1. The van der Waals surface area contributed by atoms with Gasteiger partial charge in [0, 0.05) is 48.8 Å². The lowest BCUT2D eigenvalue weighted by atomic mass is 10.0. The first-order chi connectivity index (χ1) is 22.2. The largest absolute Gasteiger partial charge is 0.444 e. The van der Waals surface area contributed by atoms with Crippen molar-refractivity contribution in [3.63, 3.8) is 0 Å². The van der Waals surface area contributed by atoms with Gasteiger partial charge in [0.05, 0.1) is 16.9 Å². The van der Waals surface area contributed by atoms with E-state index < -0.39 is 30.2 Å². The van der Waals surface area contributed by atoms with Gasteiger partial charge in [0.1, 0.15) is 17.2 Å². The van der Waals surface area contributed by atoms with E-state index in [4.69, 9.17) is 9.47 Å². The number of anilines is 2. The minimum Gasteiger partial charge on any atom is -0.444 e. The van der Waals surface area contributed by atoms with Crippen LogP contribution in [0.4, 0.5) is 34.0 Å². The number of piperidine rings is 1. The van der Waals surface area contributed by atoms with Crippen LogP contribution in [0.1, 0.15) is 39.2 Å². The first kappa shape index (κ1) is 33.6. The second kappa shape index (κ2) is 13.6. The van der Waals surface area contributed by atoms with E-state index in [0.29, 0.717) is 47.0 Å². The van der Waals surface area contributed by atoms with Crippen LogP contribution < -0.4 is 15.4 Å². The van der Waals surface area contributed by atoms with Crippen LogP contribution >= 0.6 is 0 Å². The number of carbonyl (C=O) groups excluding carboxylic acids is 1. The van der Waals surface area contributed by atoms with Gasteiger partial charge < -0.3 is 30.1 Å². The summed E-state index contributed by atoms with van der Waals surface area (Å²) in [4.78, 5) is 27.8. The molecule has 3 N–H and O–H groups in total. The maximum Gasteiger partial charge on any atom is 0.416 e. The molecule has 1 fully saturated rings. The number of rotatable bonds is 8. The van der Waals surface area contributed by atoms with E-state index in [9.17, 15) is 27.5 Å². The van der Waals surface area contributed by atoms with Crippen LogP contribution in [0.5, 0.6) is 11.6 Å². The number of benzene rings is 2. The average molecular weight is 657 g/mol. The molecule has 47 heavy (non-hydrogen) atoms. The van der Waals surface area contributed by atoms with Crippen LogP contribution in [0.2, 0.25) is 0 Å². The molecular formula is C33H36F4N6O4. The molecule has 1 amide bonds. The number of aryl methyl sites for hydroxylation is 1. The fourth-order valence-electron chi connectivity index (χ4n) is 5.20. The van der Waals surface area contributed by atoms with Crippen molar-refractivity contribution in [2.24, 2.45) is 0 Å². The number of nitrogens with one attached hydrogen (secondary N) is 2. The topological polar surface area (TPSA) is 122 Å². The Balaban J connectivity index is 1.39. The van der Waals surface area contributed by atoms with Crippen molar-refractivity contribution in [3.05, 3.63) is 66.2 Å². The minimum absolute atomic E-state index is 0.102. The smallest absolute Gasteiger partial charge is 0.416 e. The number of likely N-dealkylation sites (tertiary alicyclic amines) is 1. The number of alkyl halides is 3. The van der Waals surface area contributed by atoms with Gasteiger partial charge in [-0.3, -0.25) is 0 Å². The van der Waals surface area contributed by atoms with E-state index in [2.05, 4.69) is 25.6 Å². The van der Waals surface area contributed by atoms with Gasteiger partial charge in [-0.1, -0.05) is 12.1 Å². The number of fused-ring (bicyclic) bond motifs is 1. The van der Waals surface area contributed by atoms with Crippen molar-refractivity contribution >= 4 is 28.5 Å². The van der Waals surface area contributed by atoms with Crippen molar-refractivity contribution in [3.8, 4) is 22.9 Å². The predicted molar refractivity (Wildman–Crippen MR) is 169 cm³/mol. The first-order valence-corrected chi connectivity index (χ1v) is 15.1. The molecule has 1 saturated heterocycles. The summed E-state index contributed by atoms with van der Waals surface area (Å²) in [5.74, 6) is 0.0712. The van der Waals surface area contributed by atoms with Crippen molar-refractivity contribution < 1.29 is 36.9 Å². The van der Waals surface area contributed by atoms with Gasteiger partial charge in [-0.25, -0.2) is 24.1 Å². The molecule has 14 heteroatoms. The normalized spacial score (nSPS) is 16.1. The lowest BCUT2D eigenvalue weighted by Crippen LogP contribution is -2.47. The Labute approximate surface area is 269 Å². The van der Waals surface area contributed by atoms with Crippen LogP contribution in [0.15, 0.2) is 54.9 Å². The lowest BCUT2D eigenvalue weighted by Gasteiger charge is -2.34. The minimum atomic E-state index is -4.86. The van der Waals surface area contributed by atoms with Gasteiger partial charge in [0.2, 0.25) is 11.8 Å². The molecule has 2 aromatic heterocycles. The summed E-state index contributed by atoms with van der Waals surface area (Å²) in [6.07, 6.45) is -3.19. The number of hydrogen-bond donors (Lipinski definition) is 3. The summed E-state index contributed by atoms with van der Waals surface area (Å²) in [7, 11) is 0. The van der Waals surface area contributed by atoms with E-state index in [-0.39, 0.29) is 29.1 Å². The zero-order valence-electron chi connectivity index (χ0n) is 26.4. The summed E-state index contributed by atoms with van der Waals surface area (Å²) < 4.78 is 65.4. The molecule has 0 radical (unpaired) electrons. The van der Waals surface area contributed by atoms with Crippen LogP contribution in [0.25, 0.3) is 22.0 Å². The highest BCUT2D eigenvalue weighted by Crippen LogP contribution is 2.39. The third kappa shape index (κ3) is 8.17. The maximum absolute atomic E-state index is 14.8. The fourth-order valence-corrected chi connectivity index (χ4v) is 5.20. The van der Waals surface area contributed by atoms with E-state index in [0.717, 1.165) is 18.9 Å². The molecule has 0 aliphatic carbocycles. The summed E-state index contributed by atoms with van der Waals surface area (Å²) in [6, 6.07) is 10.9. The van der Waals surface area contributed by atoms with Crippen molar-refractivity contribution in [2.75, 3.05) is 30.3 Å². The highest BCUT2D eigenvalue weighted by molar-refractivity contribution is 5.99. The number of halogens is 4. The molecule has 4 aromatic rings. The third-order valence-corrected chi connectivity index (χ3v) is 7.46. The number of aromatic nitrogens is 3. The van der Waals surface area contributed by atoms with Crippen LogP contribution in [-0.4, -0.2) is 74.6 Å². The monoisotopic (exact) mass is 656 g/mol. The Kier molecular flexibility index (Phi) is 9.70. The van der Waals surface area contributed by atoms with Crippen LogP contribution in [0, 0.1) is 12.7 Å². The van der Waals surface area contributed by atoms with Gasteiger partial charge in [0.25, 0.3) is 0 Å². The Bertz CT molecular complexity index is 1750. The molecule has 1 aliphatic heterocycles. The molecule has 2 unspecified atom stereocenters. The Morgan fingerprint density at radius 3 is 2.60 bits per heavy atom. The van der Waals surface area contributed by atoms with Gasteiger partial charge in [-0.15, -0.1) is 0 Å². The second-order valence-electron chi connectivity index (χ2n) is 12.3. The third-order valence-electron chi connectivity index (χ3n) is 7.46. The summed E-state index contributed by atoms with van der Waals surface area (Å²) in [5.41, 5.74) is 0.897. The molecular weight excluding hydrogens is 620 g/mol. The molecule has 0 saturated carbocycles. The van der Waals surface area contributed by atoms with Crippen molar-refractivity contribution in [2.45, 2.75) is 64.5 Å². The number of aliphatic hydroxyl groups is 1. The summed E-state index contributed by atoms with van der Waals surface area (Å²) >= 11 is 0. The van der Waals surface area contributed by atoms with Crippen molar-refractivity contribution in [1.82, 2.24) is 19.9 Å². The molecule has 250 valence electrons. The Morgan fingerprint density at radius 2 is 1.85 bits per heavy atom. The quantitative estimate of drug-likeness (QED) is 0.171.